The molecule has 3 amide bonds. The summed E-state index contributed by atoms with van der Waals surface area (Å²) in [5.41, 5.74) is 1.04. The summed E-state index contributed by atoms with van der Waals surface area (Å²) in [7, 11) is 1.64. The number of likely N-dealkylation sites (tertiary alicyclic amines) is 1. The number of terminal acetylenes is 1. The van der Waals surface area contributed by atoms with Crippen molar-refractivity contribution in [2.24, 2.45) is 0 Å². The molecule has 36 heavy (non-hydrogen) atoms. The third kappa shape index (κ3) is 5.69. The van der Waals surface area contributed by atoms with Crippen LogP contribution in [0.3, 0.4) is 0 Å². The number of aromatic nitrogens is 1. The van der Waals surface area contributed by atoms with E-state index in [0.29, 0.717) is 31.6 Å². The molecule has 2 aliphatic rings. The molecule has 1 saturated heterocycles. The molecule has 0 aliphatic carbocycles. The van der Waals surface area contributed by atoms with Crippen molar-refractivity contribution in [2.75, 3.05) is 20.2 Å². The van der Waals surface area contributed by atoms with Crippen LogP contribution in [0, 0.1) is 19.3 Å². The van der Waals surface area contributed by atoms with Crippen molar-refractivity contribution in [1.29, 1.82) is 0 Å². The van der Waals surface area contributed by atoms with Crippen molar-refractivity contribution < 1.29 is 23.6 Å². The number of nitrogens with zero attached hydrogens (tertiary/aromatic N) is 2. The van der Waals surface area contributed by atoms with Gasteiger partial charge in [-0.25, -0.2) is 0 Å². The molecular formula is C26H31N5O5. The molecule has 1 aromatic heterocycles. The van der Waals surface area contributed by atoms with E-state index in [1.807, 2.05) is 24.3 Å². The minimum absolute atomic E-state index is 0.0275. The molecule has 3 N–H and O–H groups in total. The lowest BCUT2D eigenvalue weighted by atomic mass is 9.83. The van der Waals surface area contributed by atoms with Gasteiger partial charge in [0.1, 0.15) is 17.4 Å². The van der Waals surface area contributed by atoms with Gasteiger partial charge >= 0.3 is 0 Å². The molecule has 10 nitrogen and oxygen atoms in total. The molecule has 0 bridgehead atoms. The Morgan fingerprint density at radius 3 is 2.78 bits per heavy atom. The molecular weight excluding hydrogens is 462 g/mol. The smallest absolute Gasteiger partial charge is 0.257 e. The molecule has 1 aromatic carbocycles. The highest BCUT2D eigenvalue weighted by Crippen LogP contribution is 2.29. The lowest BCUT2D eigenvalue weighted by Gasteiger charge is -2.42. The first-order valence-corrected chi connectivity index (χ1v) is 12.0. The number of hydrogen-bond acceptors (Lipinski definition) is 7. The highest BCUT2D eigenvalue weighted by molar-refractivity contribution is 5.97. The van der Waals surface area contributed by atoms with Gasteiger partial charge in [-0.2, -0.15) is 0 Å². The van der Waals surface area contributed by atoms with E-state index in [0.717, 1.165) is 17.9 Å². The molecule has 1 atom stereocenters. The van der Waals surface area contributed by atoms with Crippen LogP contribution in [-0.2, 0) is 22.7 Å². The number of amides is 3. The lowest BCUT2D eigenvalue weighted by molar-refractivity contribution is -0.130. The number of piperidine rings is 1. The van der Waals surface area contributed by atoms with Crippen LogP contribution < -0.4 is 20.7 Å². The summed E-state index contributed by atoms with van der Waals surface area (Å²) >= 11 is 0. The molecule has 0 unspecified atom stereocenters. The van der Waals surface area contributed by atoms with Crippen molar-refractivity contribution in [3.8, 4) is 18.1 Å². The summed E-state index contributed by atoms with van der Waals surface area (Å²) in [6, 6.07) is 7.03. The van der Waals surface area contributed by atoms with Gasteiger partial charge in [-0.3, -0.25) is 19.3 Å². The zero-order valence-corrected chi connectivity index (χ0v) is 20.6. The largest absolute Gasteiger partial charge is 0.497 e. The Morgan fingerprint density at radius 2 is 2.06 bits per heavy atom. The second kappa shape index (κ2) is 10.8. The van der Waals surface area contributed by atoms with Crippen LogP contribution in [0.2, 0.25) is 0 Å². The van der Waals surface area contributed by atoms with Crippen LogP contribution in [-0.4, -0.2) is 59.6 Å². The molecule has 1 fully saturated rings. The van der Waals surface area contributed by atoms with Crippen LogP contribution in [0.25, 0.3) is 0 Å². The van der Waals surface area contributed by atoms with Crippen LogP contribution in [0.1, 0.15) is 53.1 Å². The predicted octanol–water partition coefficient (Wildman–Crippen LogP) is 1.28. The maximum Gasteiger partial charge on any atom is 0.257 e. The maximum absolute atomic E-state index is 13.4. The first kappa shape index (κ1) is 25.3. The summed E-state index contributed by atoms with van der Waals surface area (Å²) in [5.74, 6) is 2.36. The average molecular weight is 494 g/mol. The SMILES string of the molecule is C#CC[C@H]1NC(=O)CC2(CCN(Cc3cccc(OC)c3)CC2)NC(=O)c2c(C)noc2CNC1=O. The van der Waals surface area contributed by atoms with Crippen molar-refractivity contribution >= 4 is 17.7 Å². The molecule has 1 spiro atoms. The number of rotatable bonds is 4. The van der Waals surface area contributed by atoms with Gasteiger partial charge in [0, 0.05) is 32.5 Å². The summed E-state index contributed by atoms with van der Waals surface area (Å²) in [4.78, 5) is 41.4. The second-order valence-corrected chi connectivity index (χ2v) is 9.35. The third-order valence-electron chi connectivity index (χ3n) is 6.79. The van der Waals surface area contributed by atoms with Gasteiger partial charge in [0.05, 0.1) is 24.9 Å². The minimum Gasteiger partial charge on any atom is -0.497 e. The van der Waals surface area contributed by atoms with Crippen molar-refractivity contribution in [2.45, 2.75) is 57.3 Å². The molecule has 3 heterocycles. The Labute approximate surface area is 210 Å². The molecule has 2 aromatic rings. The number of methoxy groups -OCH3 is 1. The van der Waals surface area contributed by atoms with Crippen LogP contribution in [0.4, 0.5) is 0 Å². The standard InChI is InChI=1S/C26H31N5O5/c1-4-6-20-24(33)27-15-21-23(17(2)30-36-21)25(34)29-26(14-22(32)28-20)9-11-31(12-10-26)16-18-7-5-8-19(13-18)35-3/h1,5,7-8,13,20H,6,9-12,14-16H2,2-3H3,(H,27,33)(H,28,32)(H,29,34)/t20-/m1/s1. The fraction of sp³-hybridized carbons (Fsp3) is 0.462. The van der Waals surface area contributed by atoms with Crippen molar-refractivity contribution in [1.82, 2.24) is 26.0 Å². The first-order chi connectivity index (χ1) is 17.3. The monoisotopic (exact) mass is 493 g/mol. The average Bonchev–Trinajstić information content (AvgIpc) is 3.23. The van der Waals surface area contributed by atoms with E-state index < -0.39 is 17.5 Å². The number of hydrogen-bond donors (Lipinski definition) is 3. The van der Waals surface area contributed by atoms with E-state index in [-0.39, 0.29) is 42.5 Å². The number of aryl methyl sites for hydroxylation is 1. The molecule has 0 radical (unpaired) electrons. The quantitative estimate of drug-likeness (QED) is 0.548. The second-order valence-electron chi connectivity index (χ2n) is 9.35. The minimum atomic E-state index is -0.879. The van der Waals surface area contributed by atoms with E-state index in [1.165, 1.54) is 0 Å². The summed E-state index contributed by atoms with van der Waals surface area (Å²) < 4.78 is 10.7. The molecule has 10 heteroatoms. The van der Waals surface area contributed by atoms with Gasteiger partial charge in [-0.15, -0.1) is 12.3 Å². The van der Waals surface area contributed by atoms with E-state index in [4.69, 9.17) is 15.7 Å². The number of ether oxygens (including phenoxy) is 1. The zero-order valence-electron chi connectivity index (χ0n) is 20.6. The van der Waals surface area contributed by atoms with Gasteiger partial charge in [0.2, 0.25) is 11.8 Å². The van der Waals surface area contributed by atoms with Gasteiger partial charge in [0.25, 0.3) is 5.91 Å². The topological polar surface area (TPSA) is 126 Å². The number of fused-ring (bicyclic) bond motifs is 1. The maximum atomic E-state index is 13.4. The van der Waals surface area contributed by atoms with Crippen LogP contribution in [0.5, 0.6) is 5.75 Å². The van der Waals surface area contributed by atoms with Gasteiger partial charge in [-0.05, 0) is 37.5 Å². The zero-order chi connectivity index (χ0) is 25.7. The lowest BCUT2D eigenvalue weighted by Crippen LogP contribution is -2.58. The van der Waals surface area contributed by atoms with Crippen LogP contribution in [0.15, 0.2) is 28.8 Å². The van der Waals surface area contributed by atoms with Gasteiger partial charge in [0.15, 0.2) is 5.76 Å². The number of nitrogens with one attached hydrogen (secondary N) is 3. The van der Waals surface area contributed by atoms with Gasteiger partial charge in [-0.1, -0.05) is 17.3 Å². The summed E-state index contributed by atoms with van der Waals surface area (Å²) in [6.45, 7) is 3.71. The fourth-order valence-corrected chi connectivity index (χ4v) is 4.82. The molecule has 0 saturated carbocycles. The Balaban J connectivity index is 1.56. The highest BCUT2D eigenvalue weighted by atomic mass is 16.5. The molecule has 4 rings (SSSR count). The number of benzene rings is 1. The number of carbonyl (C=O) groups is 3. The Morgan fingerprint density at radius 1 is 1.28 bits per heavy atom. The Kier molecular flexibility index (Phi) is 7.60. The normalized spacial score (nSPS) is 20.7. The van der Waals surface area contributed by atoms with Crippen LogP contribution >= 0.6 is 0 Å². The third-order valence-corrected chi connectivity index (χ3v) is 6.79. The Bertz CT molecular complexity index is 1180. The molecule has 190 valence electrons. The van der Waals surface area contributed by atoms with Gasteiger partial charge < -0.3 is 25.2 Å². The molecule has 2 aliphatic heterocycles. The van der Waals surface area contributed by atoms with E-state index in [1.54, 1.807) is 14.0 Å². The summed E-state index contributed by atoms with van der Waals surface area (Å²) in [5, 5.41) is 12.5. The highest BCUT2D eigenvalue weighted by Gasteiger charge is 2.40. The van der Waals surface area contributed by atoms with E-state index in [9.17, 15) is 14.4 Å². The number of carbonyl (C=O) groups excluding carboxylic acids is 3. The summed E-state index contributed by atoms with van der Waals surface area (Å²) in [6.07, 6.45) is 6.63. The van der Waals surface area contributed by atoms with Crippen molar-refractivity contribution in [3.63, 3.8) is 0 Å². The Hall–Kier alpha value is -3.84. The van der Waals surface area contributed by atoms with Crippen molar-refractivity contribution in [3.05, 3.63) is 46.8 Å². The van der Waals surface area contributed by atoms with E-state index in [2.05, 4.69) is 31.9 Å². The fourth-order valence-electron chi connectivity index (χ4n) is 4.82. The first-order valence-electron chi connectivity index (χ1n) is 12.0. The van der Waals surface area contributed by atoms with E-state index >= 15 is 0 Å². The predicted molar refractivity (Wildman–Crippen MR) is 131 cm³/mol.